The number of halogens is 3. The van der Waals surface area contributed by atoms with Crippen LogP contribution in [0.25, 0.3) is 0 Å². The molecule has 4 rings (SSSR count). The molecular weight excluding hydrogens is 457 g/mol. The minimum Gasteiger partial charge on any atom is -0.385 e. The molecule has 2 aromatic rings. The van der Waals surface area contributed by atoms with Crippen LogP contribution in [-0.2, 0) is 0 Å². The van der Waals surface area contributed by atoms with Gasteiger partial charge in [-0.2, -0.15) is 0 Å². The van der Waals surface area contributed by atoms with Gasteiger partial charge in [-0.15, -0.1) is 0 Å². The molecule has 2 saturated heterocycles. The summed E-state index contributed by atoms with van der Waals surface area (Å²) < 4.78 is 42.9. The summed E-state index contributed by atoms with van der Waals surface area (Å²) in [6.45, 7) is 8.21. The number of nitrogens with one attached hydrogen (secondary N) is 1. The standard InChI is InChI=1S/C24H29F3N4O2.C2H6/c1-15-4-7-20(19(26)10-15)28-22-17(5-6-18(25)21(22)27)23(32)31-13-24(33,14-31)12-30(3)16-8-9-29(2)11-16;1-2/h4-7,10,16,28,33H,8-9,11-14H2,1-3H3;1-2H3. The van der Waals surface area contributed by atoms with Gasteiger partial charge in [0.2, 0.25) is 0 Å². The van der Waals surface area contributed by atoms with Crippen molar-refractivity contribution in [2.75, 3.05) is 52.1 Å². The van der Waals surface area contributed by atoms with E-state index in [1.165, 1.54) is 23.1 Å². The van der Waals surface area contributed by atoms with E-state index in [0.717, 1.165) is 25.6 Å². The fourth-order valence-corrected chi connectivity index (χ4v) is 4.65. The van der Waals surface area contributed by atoms with Gasteiger partial charge in [0.25, 0.3) is 5.91 Å². The van der Waals surface area contributed by atoms with Gasteiger partial charge >= 0.3 is 0 Å². The lowest BCUT2D eigenvalue weighted by Gasteiger charge is -2.48. The second-order valence-electron chi connectivity index (χ2n) is 9.40. The molecule has 35 heavy (non-hydrogen) atoms. The molecule has 2 fully saturated rings. The minimum absolute atomic E-state index is 0.0672. The van der Waals surface area contributed by atoms with Gasteiger partial charge in [-0.1, -0.05) is 19.9 Å². The SMILES string of the molecule is CC.Cc1ccc(Nc2c(C(=O)N3CC(O)(CN(C)C4CCN(C)C4)C3)ccc(F)c2F)c(F)c1. The zero-order valence-electron chi connectivity index (χ0n) is 21.0. The molecule has 0 saturated carbocycles. The van der Waals surface area contributed by atoms with Gasteiger partial charge in [-0.3, -0.25) is 9.69 Å². The summed E-state index contributed by atoms with van der Waals surface area (Å²) in [6, 6.07) is 6.67. The molecule has 0 radical (unpaired) electrons. The van der Waals surface area contributed by atoms with E-state index >= 15 is 0 Å². The molecule has 6 nitrogen and oxygen atoms in total. The third-order valence-electron chi connectivity index (χ3n) is 6.50. The summed E-state index contributed by atoms with van der Waals surface area (Å²) in [6.07, 6.45) is 1.02. The first kappa shape index (κ1) is 27.0. The lowest BCUT2D eigenvalue weighted by atomic mass is 9.91. The Bertz CT molecular complexity index is 1060. The zero-order chi connectivity index (χ0) is 25.9. The van der Waals surface area contributed by atoms with E-state index in [9.17, 15) is 23.1 Å². The quantitative estimate of drug-likeness (QED) is 0.638. The lowest BCUT2D eigenvalue weighted by Crippen LogP contribution is -2.68. The number of likely N-dealkylation sites (N-methyl/N-ethyl adjacent to an activating group) is 2. The third kappa shape index (κ3) is 5.97. The Morgan fingerprint density at radius 3 is 2.46 bits per heavy atom. The Morgan fingerprint density at radius 1 is 1.17 bits per heavy atom. The third-order valence-corrected chi connectivity index (χ3v) is 6.50. The summed E-state index contributed by atoms with van der Waals surface area (Å²) in [5, 5.41) is 13.4. The number of rotatable bonds is 6. The van der Waals surface area contributed by atoms with Crippen molar-refractivity contribution in [1.82, 2.24) is 14.7 Å². The van der Waals surface area contributed by atoms with E-state index in [-0.39, 0.29) is 24.3 Å². The molecule has 0 aliphatic carbocycles. The van der Waals surface area contributed by atoms with Crippen molar-refractivity contribution >= 4 is 17.3 Å². The smallest absolute Gasteiger partial charge is 0.256 e. The Morgan fingerprint density at radius 2 is 1.86 bits per heavy atom. The van der Waals surface area contributed by atoms with E-state index in [4.69, 9.17) is 0 Å². The van der Waals surface area contributed by atoms with Gasteiger partial charge in [-0.25, -0.2) is 13.2 Å². The zero-order valence-corrected chi connectivity index (χ0v) is 21.0. The van der Waals surface area contributed by atoms with Crippen molar-refractivity contribution < 1.29 is 23.1 Å². The topological polar surface area (TPSA) is 59.1 Å². The maximum absolute atomic E-state index is 14.6. The van der Waals surface area contributed by atoms with Crippen molar-refractivity contribution in [2.45, 2.75) is 38.8 Å². The number of carbonyl (C=O) groups excluding carboxylic acids is 1. The van der Waals surface area contributed by atoms with Crippen LogP contribution in [0.2, 0.25) is 0 Å². The first-order valence-electron chi connectivity index (χ1n) is 12.0. The van der Waals surface area contributed by atoms with Gasteiger partial charge in [-0.05, 0) is 63.8 Å². The van der Waals surface area contributed by atoms with E-state index < -0.39 is 34.6 Å². The van der Waals surface area contributed by atoms with Crippen LogP contribution in [0.15, 0.2) is 30.3 Å². The fourth-order valence-electron chi connectivity index (χ4n) is 4.65. The summed E-state index contributed by atoms with van der Waals surface area (Å²) >= 11 is 0. The molecule has 1 unspecified atom stereocenters. The Hall–Kier alpha value is -2.62. The van der Waals surface area contributed by atoms with Crippen molar-refractivity contribution in [1.29, 1.82) is 0 Å². The molecule has 2 aliphatic heterocycles. The number of amides is 1. The van der Waals surface area contributed by atoms with Crippen molar-refractivity contribution in [3.63, 3.8) is 0 Å². The Labute approximate surface area is 205 Å². The van der Waals surface area contributed by atoms with Crippen LogP contribution in [0.4, 0.5) is 24.5 Å². The summed E-state index contributed by atoms with van der Waals surface area (Å²) in [4.78, 5) is 18.8. The first-order valence-corrected chi connectivity index (χ1v) is 12.0. The van der Waals surface area contributed by atoms with Crippen molar-refractivity contribution in [3.05, 3.63) is 58.9 Å². The van der Waals surface area contributed by atoms with E-state index in [2.05, 4.69) is 22.2 Å². The van der Waals surface area contributed by atoms with Crippen LogP contribution >= 0.6 is 0 Å². The number of likely N-dealkylation sites (tertiary alicyclic amines) is 2. The largest absolute Gasteiger partial charge is 0.385 e. The second kappa shape index (κ2) is 11.0. The molecule has 0 spiro atoms. The van der Waals surface area contributed by atoms with Crippen LogP contribution < -0.4 is 5.32 Å². The highest BCUT2D eigenvalue weighted by Gasteiger charge is 2.46. The highest BCUT2D eigenvalue weighted by atomic mass is 19.2. The van der Waals surface area contributed by atoms with Crippen molar-refractivity contribution in [2.24, 2.45) is 0 Å². The average molecular weight is 493 g/mol. The minimum atomic E-state index is -1.26. The lowest BCUT2D eigenvalue weighted by molar-refractivity contribution is -0.0986. The van der Waals surface area contributed by atoms with Gasteiger partial charge in [0, 0.05) is 19.1 Å². The van der Waals surface area contributed by atoms with E-state index in [1.807, 2.05) is 20.9 Å². The van der Waals surface area contributed by atoms with Crippen LogP contribution in [0.3, 0.4) is 0 Å². The molecule has 9 heteroatoms. The molecule has 0 bridgehead atoms. The molecule has 2 aromatic carbocycles. The molecule has 1 amide bonds. The average Bonchev–Trinajstić information content (AvgIpc) is 3.24. The number of nitrogens with zero attached hydrogens (tertiary/aromatic N) is 3. The molecular formula is C26H35F3N4O2. The number of benzene rings is 2. The molecule has 1 atom stereocenters. The highest BCUT2D eigenvalue weighted by molar-refractivity contribution is 6.01. The normalized spacial score (nSPS) is 19.3. The number of hydrogen-bond acceptors (Lipinski definition) is 5. The highest BCUT2D eigenvalue weighted by Crippen LogP contribution is 2.32. The molecule has 192 valence electrons. The van der Waals surface area contributed by atoms with Crippen LogP contribution in [0, 0.1) is 24.4 Å². The van der Waals surface area contributed by atoms with Crippen LogP contribution in [0.5, 0.6) is 0 Å². The summed E-state index contributed by atoms with van der Waals surface area (Å²) in [5.74, 6) is -3.61. The van der Waals surface area contributed by atoms with Gasteiger partial charge in [0.05, 0.1) is 30.0 Å². The maximum Gasteiger partial charge on any atom is 0.256 e. The first-order chi connectivity index (χ1) is 16.6. The van der Waals surface area contributed by atoms with E-state index in [0.29, 0.717) is 18.2 Å². The number of anilines is 2. The molecule has 2 heterocycles. The molecule has 2 N–H and O–H groups in total. The van der Waals surface area contributed by atoms with Gasteiger partial charge < -0.3 is 20.2 Å². The summed E-state index contributed by atoms with van der Waals surface area (Å²) in [7, 11) is 4.02. The number of aliphatic hydroxyl groups is 1. The second-order valence-corrected chi connectivity index (χ2v) is 9.40. The molecule has 2 aliphatic rings. The number of carbonyl (C=O) groups is 1. The monoisotopic (exact) mass is 492 g/mol. The Balaban J connectivity index is 0.00000167. The maximum atomic E-state index is 14.6. The predicted octanol–water partition coefficient (Wildman–Crippen LogP) is 4.00. The molecule has 0 aromatic heterocycles. The van der Waals surface area contributed by atoms with Crippen LogP contribution in [0.1, 0.15) is 36.2 Å². The fraction of sp³-hybridized carbons (Fsp3) is 0.500. The van der Waals surface area contributed by atoms with Crippen LogP contribution in [-0.4, -0.2) is 84.2 Å². The van der Waals surface area contributed by atoms with Gasteiger partial charge in [0.1, 0.15) is 11.4 Å². The van der Waals surface area contributed by atoms with Crippen molar-refractivity contribution in [3.8, 4) is 0 Å². The number of hydrogen-bond donors (Lipinski definition) is 2. The Kier molecular flexibility index (Phi) is 8.46. The number of β-amino-alcohol motifs (C(OH)–C–C–N with tert-alkyl or cyclic N) is 1. The number of aryl methyl sites for hydroxylation is 1. The predicted molar refractivity (Wildman–Crippen MR) is 132 cm³/mol. The van der Waals surface area contributed by atoms with E-state index in [1.54, 1.807) is 13.0 Å². The summed E-state index contributed by atoms with van der Waals surface area (Å²) in [5.41, 5.74) is -1.02. The van der Waals surface area contributed by atoms with Gasteiger partial charge in [0.15, 0.2) is 11.6 Å².